The molecule has 61 heavy (non-hydrogen) atoms. The van der Waals surface area contributed by atoms with Gasteiger partial charge >= 0.3 is 32.5 Å². The van der Waals surface area contributed by atoms with E-state index in [0.29, 0.717) is 31.9 Å². The van der Waals surface area contributed by atoms with Crippen LogP contribution in [0.15, 0.2) is 89.9 Å². The maximum atomic E-state index is 14.9. The largest absolute Gasteiger partial charge is 0.470 e. The summed E-state index contributed by atoms with van der Waals surface area (Å²) < 4.78 is 130. The Hall–Kier alpha value is -5.42. The summed E-state index contributed by atoms with van der Waals surface area (Å²) in [5, 5.41) is 6.23. The normalized spacial score (nSPS) is 15.4. The SMILES string of the molecule is NCC(=O)c1ccc(CN(c2cccnc2)S(=O)(=O)N2CCCCC2)c(F)c1.O=S(=O)(N1CCCCC1)N(Cc1ccc(-c2nnc(C(F)(F)F)o2)cc1F)c1cccnc1. The van der Waals surface area contributed by atoms with Crippen LogP contribution in [0, 0.1) is 11.6 Å². The number of halogens is 5. The van der Waals surface area contributed by atoms with Gasteiger partial charge in [0.15, 0.2) is 5.78 Å². The molecule has 2 fully saturated rings. The molecule has 0 amide bonds. The molecule has 5 heterocycles. The van der Waals surface area contributed by atoms with Crippen LogP contribution in [0.2, 0.25) is 0 Å². The zero-order valence-electron chi connectivity index (χ0n) is 32.6. The van der Waals surface area contributed by atoms with E-state index in [4.69, 9.17) is 5.73 Å². The Morgan fingerprint density at radius 1 is 0.705 bits per heavy atom. The minimum absolute atomic E-state index is 0.0127. The van der Waals surface area contributed by atoms with E-state index in [2.05, 4.69) is 24.6 Å². The number of nitrogens with two attached hydrogens (primary N) is 1. The molecule has 0 aliphatic carbocycles. The molecule has 0 saturated carbocycles. The molecule has 0 spiro atoms. The number of anilines is 2. The number of aromatic nitrogens is 4. The first kappa shape index (κ1) is 45.1. The fourth-order valence-electron chi connectivity index (χ4n) is 6.62. The van der Waals surface area contributed by atoms with Crippen molar-refractivity contribution in [2.24, 2.45) is 5.73 Å². The summed E-state index contributed by atoms with van der Waals surface area (Å²) in [5.41, 5.74) is 6.21. The highest BCUT2D eigenvalue weighted by atomic mass is 32.2. The number of alkyl halides is 3. The van der Waals surface area contributed by atoms with Crippen LogP contribution in [0.5, 0.6) is 0 Å². The Morgan fingerprint density at radius 2 is 1.20 bits per heavy atom. The molecule has 2 aromatic carbocycles. The molecule has 15 nitrogen and oxygen atoms in total. The summed E-state index contributed by atoms with van der Waals surface area (Å²) in [6.45, 7) is 0.834. The van der Waals surface area contributed by atoms with E-state index in [1.807, 2.05) is 0 Å². The van der Waals surface area contributed by atoms with Gasteiger partial charge in [-0.25, -0.2) is 8.78 Å². The number of piperidine rings is 2. The molecule has 2 saturated heterocycles. The molecule has 2 N–H and O–H groups in total. The first-order chi connectivity index (χ1) is 29.1. The Kier molecular flexibility index (Phi) is 14.4. The van der Waals surface area contributed by atoms with Crippen LogP contribution in [-0.4, -0.2) is 84.1 Å². The van der Waals surface area contributed by atoms with Crippen molar-refractivity contribution < 1.29 is 48.0 Å². The quantitative estimate of drug-likeness (QED) is 0.106. The van der Waals surface area contributed by atoms with Gasteiger partial charge in [-0.1, -0.05) is 31.0 Å². The molecule has 0 radical (unpaired) electrons. The second-order valence-electron chi connectivity index (χ2n) is 14.0. The predicted molar refractivity (Wildman–Crippen MR) is 214 cm³/mol. The Morgan fingerprint density at radius 3 is 1.61 bits per heavy atom. The number of ketones is 1. The summed E-state index contributed by atoms with van der Waals surface area (Å²) >= 11 is 0. The molecule has 326 valence electrons. The zero-order valence-corrected chi connectivity index (χ0v) is 34.2. The number of nitrogens with zero attached hydrogens (tertiary/aromatic N) is 8. The lowest BCUT2D eigenvalue weighted by Crippen LogP contribution is -2.46. The highest BCUT2D eigenvalue weighted by Gasteiger charge is 2.38. The van der Waals surface area contributed by atoms with Crippen LogP contribution >= 0.6 is 0 Å². The monoisotopic (exact) mass is 891 g/mol. The third-order valence-electron chi connectivity index (χ3n) is 9.86. The van der Waals surface area contributed by atoms with Gasteiger partial charge in [0.25, 0.3) is 0 Å². The van der Waals surface area contributed by atoms with Gasteiger partial charge in [-0.05, 0) is 68.1 Å². The highest BCUT2D eigenvalue weighted by Crippen LogP contribution is 2.32. The van der Waals surface area contributed by atoms with Crippen molar-refractivity contribution in [1.82, 2.24) is 28.8 Å². The third-order valence-corrected chi connectivity index (χ3v) is 13.7. The summed E-state index contributed by atoms with van der Waals surface area (Å²) in [4.78, 5) is 19.6. The van der Waals surface area contributed by atoms with Crippen molar-refractivity contribution in [3.63, 3.8) is 0 Å². The van der Waals surface area contributed by atoms with Crippen molar-refractivity contribution >= 4 is 37.6 Å². The summed E-state index contributed by atoms with van der Waals surface area (Å²) in [6, 6.07) is 13.9. The van der Waals surface area contributed by atoms with Gasteiger partial charge in [0.05, 0.1) is 43.4 Å². The first-order valence-corrected chi connectivity index (χ1v) is 22.0. The first-order valence-electron chi connectivity index (χ1n) is 19.2. The van der Waals surface area contributed by atoms with E-state index in [0.717, 1.165) is 59.3 Å². The fraction of sp³-hybridized carbons (Fsp3) is 0.359. The topological polar surface area (TPSA) is 189 Å². The molecule has 3 aromatic heterocycles. The molecule has 5 aromatic rings. The van der Waals surface area contributed by atoms with Crippen molar-refractivity contribution in [1.29, 1.82) is 0 Å². The number of carbonyl (C=O) groups excluding carboxylic acids is 1. The fourth-order valence-corrected chi connectivity index (χ4v) is 9.97. The van der Waals surface area contributed by atoms with E-state index in [9.17, 15) is 43.6 Å². The number of benzene rings is 2. The number of rotatable bonds is 13. The Balaban J connectivity index is 0.000000207. The minimum atomic E-state index is -4.82. The van der Waals surface area contributed by atoms with Crippen LogP contribution in [0.4, 0.5) is 33.3 Å². The molecular weight excluding hydrogens is 850 g/mol. The van der Waals surface area contributed by atoms with Crippen molar-refractivity contribution in [2.75, 3.05) is 41.3 Å². The van der Waals surface area contributed by atoms with Crippen LogP contribution in [0.25, 0.3) is 11.5 Å². The maximum Gasteiger partial charge on any atom is 0.470 e. The van der Waals surface area contributed by atoms with Crippen molar-refractivity contribution in [3.05, 3.63) is 120 Å². The lowest BCUT2D eigenvalue weighted by molar-refractivity contribution is -0.156. The zero-order chi connectivity index (χ0) is 43.8. The van der Waals surface area contributed by atoms with Gasteiger partial charge in [0.2, 0.25) is 5.89 Å². The number of hydrogen-bond acceptors (Lipinski definition) is 11. The summed E-state index contributed by atoms with van der Waals surface area (Å²) in [7, 11) is -7.82. The molecule has 0 bridgehead atoms. The number of hydrogen-bond donors (Lipinski definition) is 1. The Labute approximate surface area is 349 Å². The van der Waals surface area contributed by atoms with Crippen LogP contribution in [0.3, 0.4) is 0 Å². The number of carbonyl (C=O) groups is 1. The van der Waals surface area contributed by atoms with E-state index < -0.39 is 50.0 Å². The van der Waals surface area contributed by atoms with Crippen LogP contribution < -0.4 is 14.3 Å². The van der Waals surface area contributed by atoms with Crippen molar-refractivity contribution in [2.45, 2.75) is 57.8 Å². The smallest absolute Gasteiger partial charge is 0.413 e. The van der Waals surface area contributed by atoms with Crippen LogP contribution in [-0.2, 0) is 39.7 Å². The van der Waals surface area contributed by atoms with Gasteiger partial charge in [0.1, 0.15) is 11.6 Å². The second kappa shape index (κ2) is 19.5. The van der Waals surface area contributed by atoms with Crippen molar-refractivity contribution in [3.8, 4) is 11.5 Å². The molecule has 2 aliphatic heterocycles. The van der Waals surface area contributed by atoms with E-state index >= 15 is 0 Å². The summed E-state index contributed by atoms with van der Waals surface area (Å²) in [5.74, 6) is -3.91. The average Bonchev–Trinajstić information content (AvgIpc) is 3.78. The Bertz CT molecular complexity index is 2490. The van der Waals surface area contributed by atoms with Gasteiger partial charge < -0.3 is 10.2 Å². The molecule has 0 atom stereocenters. The second-order valence-corrected chi connectivity index (χ2v) is 17.7. The highest BCUT2D eigenvalue weighted by molar-refractivity contribution is 7.90. The molecule has 0 unspecified atom stereocenters. The van der Waals surface area contributed by atoms with Gasteiger partial charge in [0, 0.05) is 60.8 Å². The lowest BCUT2D eigenvalue weighted by Gasteiger charge is -2.33. The van der Waals surface area contributed by atoms with E-state index in [-0.39, 0.29) is 53.4 Å². The maximum absolute atomic E-state index is 14.9. The predicted octanol–water partition coefficient (Wildman–Crippen LogP) is 6.13. The average molecular weight is 892 g/mol. The molecular formula is C39H42F5N9O6S2. The molecule has 2 aliphatic rings. The number of Topliss-reactive ketones (excluding diaryl/α,β-unsaturated/α-hetero) is 1. The third kappa shape index (κ3) is 10.9. The minimum Gasteiger partial charge on any atom is -0.413 e. The summed E-state index contributed by atoms with van der Waals surface area (Å²) in [6.07, 6.45) is 5.99. The molecule has 22 heteroatoms. The van der Waals surface area contributed by atoms with Gasteiger partial charge in [-0.3, -0.25) is 23.4 Å². The van der Waals surface area contributed by atoms with E-state index in [1.54, 1.807) is 30.5 Å². The van der Waals surface area contributed by atoms with Crippen LogP contribution in [0.1, 0.15) is 65.9 Å². The van der Waals surface area contributed by atoms with E-state index in [1.165, 1.54) is 51.5 Å². The molecule has 7 rings (SSSR count). The number of pyridine rings is 2. The lowest BCUT2D eigenvalue weighted by atomic mass is 10.1. The standard InChI is InChI=1S/C20H19F4N5O3S.C19H23FN4O3S/c21-17-11-14(18-26-27-19(32-18)20(22,23)24)6-7-15(17)13-29(16-5-4-8-25-12-16)33(30,31)28-9-2-1-3-10-28;20-18-11-15(19(25)12-21)6-7-16(18)14-24(17-5-4-8-22-13-17)28(26,27)23-9-2-1-3-10-23/h4-8,11-12H,1-3,9-10,13H2;4-8,11,13H,1-3,9-10,12,14,21H2. The van der Waals surface area contributed by atoms with Gasteiger partial charge in [-0.15, -0.1) is 10.2 Å². The van der Waals surface area contributed by atoms with Gasteiger partial charge in [-0.2, -0.15) is 38.6 Å².